The Hall–Kier alpha value is -0.570. The molecule has 0 spiro atoms. The highest BCUT2D eigenvalue weighted by Gasteiger charge is 2.32. The van der Waals surface area contributed by atoms with Crippen molar-refractivity contribution in [2.45, 2.75) is 38.9 Å². The summed E-state index contributed by atoms with van der Waals surface area (Å²) in [5.74, 6) is -0.221. The molecule has 1 heterocycles. The van der Waals surface area contributed by atoms with Gasteiger partial charge in [0.25, 0.3) is 0 Å². The number of rotatable bonds is 3. The molecule has 2 atom stereocenters. The average Bonchev–Trinajstić information content (AvgIpc) is 2.26. The molecule has 0 aliphatic carbocycles. The molecule has 0 bridgehead atoms. The van der Waals surface area contributed by atoms with Gasteiger partial charge in [-0.3, -0.25) is 4.79 Å². The third-order valence-electron chi connectivity index (χ3n) is 2.01. The predicted molar refractivity (Wildman–Crippen MR) is 39.7 cm³/mol. The van der Waals surface area contributed by atoms with E-state index in [9.17, 15) is 4.79 Å². The summed E-state index contributed by atoms with van der Waals surface area (Å²) >= 11 is 0. The van der Waals surface area contributed by atoms with Gasteiger partial charge in [0.2, 0.25) is 6.29 Å². The summed E-state index contributed by atoms with van der Waals surface area (Å²) in [5, 5.41) is 9.14. The molecule has 0 aromatic heterocycles. The molecule has 0 amide bonds. The summed E-state index contributed by atoms with van der Waals surface area (Å²) in [5.41, 5.74) is 0. The number of aliphatic hydroxyl groups excluding tert-OH is 1. The number of esters is 1. The molecule has 0 radical (unpaired) electrons. The van der Waals surface area contributed by atoms with Crippen LogP contribution in [0.4, 0.5) is 0 Å². The summed E-state index contributed by atoms with van der Waals surface area (Å²) in [6, 6.07) is 0. The van der Waals surface area contributed by atoms with Crippen molar-refractivity contribution in [1.82, 2.24) is 0 Å². The van der Waals surface area contributed by atoms with Crippen molar-refractivity contribution in [3.8, 4) is 0 Å². The standard InChI is InChI=1S/C8H14O3/c1-2-3-4-6-5-7(9)11-8(6)10/h6,8,10H,2-5H2,1H3. The van der Waals surface area contributed by atoms with Crippen molar-refractivity contribution in [1.29, 1.82) is 0 Å². The topological polar surface area (TPSA) is 46.5 Å². The van der Waals surface area contributed by atoms with Crippen LogP contribution in [-0.4, -0.2) is 17.4 Å². The molecule has 1 aliphatic heterocycles. The molecule has 1 saturated heterocycles. The fraction of sp³-hybridized carbons (Fsp3) is 0.875. The minimum Gasteiger partial charge on any atom is -0.436 e. The Morgan fingerprint density at radius 2 is 2.45 bits per heavy atom. The maximum Gasteiger partial charge on any atom is 0.308 e. The molecule has 11 heavy (non-hydrogen) atoms. The third kappa shape index (κ3) is 2.19. The maximum absolute atomic E-state index is 10.6. The number of carbonyl (C=O) groups is 1. The summed E-state index contributed by atoms with van der Waals surface area (Å²) in [6.07, 6.45) is 2.59. The van der Waals surface area contributed by atoms with Crippen molar-refractivity contribution in [2.75, 3.05) is 0 Å². The fourth-order valence-electron chi connectivity index (χ4n) is 1.30. The third-order valence-corrected chi connectivity index (χ3v) is 2.01. The van der Waals surface area contributed by atoms with Crippen LogP contribution in [0.3, 0.4) is 0 Å². The van der Waals surface area contributed by atoms with Crippen molar-refractivity contribution < 1.29 is 14.6 Å². The number of carbonyl (C=O) groups excluding carboxylic acids is 1. The molecular formula is C8H14O3. The number of ether oxygens (including phenoxy) is 1. The minimum atomic E-state index is -0.839. The van der Waals surface area contributed by atoms with E-state index in [-0.39, 0.29) is 11.9 Å². The lowest BCUT2D eigenvalue weighted by Gasteiger charge is -2.09. The molecule has 3 heteroatoms. The van der Waals surface area contributed by atoms with E-state index in [1.54, 1.807) is 0 Å². The van der Waals surface area contributed by atoms with Crippen molar-refractivity contribution in [2.24, 2.45) is 5.92 Å². The lowest BCUT2D eigenvalue weighted by Crippen LogP contribution is -2.14. The minimum absolute atomic E-state index is 0.0439. The van der Waals surface area contributed by atoms with E-state index in [0.29, 0.717) is 6.42 Å². The lowest BCUT2D eigenvalue weighted by atomic mass is 10.0. The van der Waals surface area contributed by atoms with Gasteiger partial charge in [0.1, 0.15) is 0 Å². The normalized spacial score (nSPS) is 30.5. The Morgan fingerprint density at radius 3 is 2.91 bits per heavy atom. The van der Waals surface area contributed by atoms with Crippen molar-refractivity contribution in [3.05, 3.63) is 0 Å². The van der Waals surface area contributed by atoms with Gasteiger partial charge in [-0.2, -0.15) is 0 Å². The average molecular weight is 158 g/mol. The van der Waals surface area contributed by atoms with E-state index < -0.39 is 6.29 Å². The Labute approximate surface area is 66.4 Å². The number of hydrogen-bond acceptors (Lipinski definition) is 3. The molecule has 1 N–H and O–H groups in total. The molecule has 1 rings (SSSR count). The van der Waals surface area contributed by atoms with E-state index >= 15 is 0 Å². The quantitative estimate of drug-likeness (QED) is 0.625. The van der Waals surface area contributed by atoms with E-state index in [1.165, 1.54) is 0 Å². The highest BCUT2D eigenvalue weighted by Crippen LogP contribution is 2.24. The molecule has 0 aromatic rings. The molecular weight excluding hydrogens is 144 g/mol. The first-order valence-corrected chi connectivity index (χ1v) is 4.11. The first-order chi connectivity index (χ1) is 5.24. The van der Waals surface area contributed by atoms with Crippen molar-refractivity contribution >= 4 is 5.97 Å². The summed E-state index contributed by atoms with van der Waals surface area (Å²) in [6.45, 7) is 2.09. The molecule has 0 aromatic carbocycles. The lowest BCUT2D eigenvalue weighted by molar-refractivity contribution is -0.156. The smallest absolute Gasteiger partial charge is 0.308 e. The van der Waals surface area contributed by atoms with Gasteiger partial charge in [-0.15, -0.1) is 0 Å². The first-order valence-electron chi connectivity index (χ1n) is 4.11. The highest BCUT2D eigenvalue weighted by molar-refractivity contribution is 5.71. The van der Waals surface area contributed by atoms with Gasteiger partial charge >= 0.3 is 5.97 Å². The second kappa shape index (κ2) is 3.72. The summed E-state index contributed by atoms with van der Waals surface area (Å²) in [4.78, 5) is 10.6. The van der Waals surface area contributed by atoms with Gasteiger partial charge in [-0.1, -0.05) is 19.8 Å². The van der Waals surface area contributed by atoms with Crippen LogP contribution in [0.1, 0.15) is 32.6 Å². The molecule has 1 fully saturated rings. The number of aliphatic hydroxyl groups is 1. The van der Waals surface area contributed by atoms with Gasteiger partial charge in [-0.25, -0.2) is 0 Å². The van der Waals surface area contributed by atoms with Crippen LogP contribution in [0, 0.1) is 5.92 Å². The van der Waals surface area contributed by atoms with E-state index in [1.807, 2.05) is 0 Å². The summed E-state index contributed by atoms with van der Waals surface area (Å²) in [7, 11) is 0. The Bertz CT molecular complexity index is 144. The van der Waals surface area contributed by atoms with Crippen LogP contribution in [0.15, 0.2) is 0 Å². The SMILES string of the molecule is CCCCC1CC(=O)OC1O. The number of unbranched alkanes of at least 4 members (excludes halogenated alkanes) is 1. The Balaban J connectivity index is 2.28. The predicted octanol–water partition coefficient (Wildman–Crippen LogP) is 1.06. The Kier molecular flexibility index (Phi) is 2.88. The Morgan fingerprint density at radius 1 is 1.73 bits per heavy atom. The van der Waals surface area contributed by atoms with E-state index in [4.69, 9.17) is 5.11 Å². The zero-order chi connectivity index (χ0) is 8.27. The second-order valence-corrected chi connectivity index (χ2v) is 2.99. The van der Waals surface area contributed by atoms with Crippen LogP contribution in [0.5, 0.6) is 0 Å². The molecule has 3 nitrogen and oxygen atoms in total. The van der Waals surface area contributed by atoms with Crippen LogP contribution in [0.2, 0.25) is 0 Å². The van der Waals surface area contributed by atoms with Gasteiger partial charge in [-0.05, 0) is 6.42 Å². The van der Waals surface area contributed by atoms with Gasteiger partial charge in [0.15, 0.2) is 0 Å². The molecule has 0 saturated carbocycles. The maximum atomic E-state index is 10.6. The second-order valence-electron chi connectivity index (χ2n) is 2.99. The van der Waals surface area contributed by atoms with E-state index in [2.05, 4.69) is 11.7 Å². The summed E-state index contributed by atoms with van der Waals surface area (Å²) < 4.78 is 4.59. The van der Waals surface area contributed by atoms with Crippen LogP contribution >= 0.6 is 0 Å². The highest BCUT2D eigenvalue weighted by atomic mass is 16.6. The number of hydrogen-bond donors (Lipinski definition) is 1. The van der Waals surface area contributed by atoms with Crippen LogP contribution in [0.25, 0.3) is 0 Å². The van der Waals surface area contributed by atoms with Gasteiger partial charge in [0, 0.05) is 5.92 Å². The van der Waals surface area contributed by atoms with Crippen molar-refractivity contribution in [3.63, 3.8) is 0 Å². The molecule has 1 aliphatic rings. The zero-order valence-electron chi connectivity index (χ0n) is 6.75. The molecule has 2 unspecified atom stereocenters. The first kappa shape index (κ1) is 8.53. The van der Waals surface area contributed by atoms with Crippen LogP contribution in [-0.2, 0) is 9.53 Å². The van der Waals surface area contributed by atoms with E-state index in [0.717, 1.165) is 19.3 Å². The molecule has 64 valence electrons. The zero-order valence-corrected chi connectivity index (χ0v) is 6.75. The van der Waals surface area contributed by atoms with Gasteiger partial charge in [0.05, 0.1) is 6.42 Å². The van der Waals surface area contributed by atoms with Crippen LogP contribution < -0.4 is 0 Å². The van der Waals surface area contributed by atoms with Gasteiger partial charge < -0.3 is 9.84 Å². The largest absolute Gasteiger partial charge is 0.436 e. The fourth-order valence-corrected chi connectivity index (χ4v) is 1.30. The number of cyclic esters (lactones) is 1. The monoisotopic (exact) mass is 158 g/mol.